The Balaban J connectivity index is 4.29. The number of amides is 1. The van der Waals surface area contributed by atoms with Crippen molar-refractivity contribution in [2.24, 2.45) is 11.5 Å². The third-order valence-corrected chi connectivity index (χ3v) is 1.82. The molecule has 0 unspecified atom stereocenters. The minimum Gasteiger partial charge on any atom is -0.480 e. The average molecular weight is 215 g/mol. The van der Waals surface area contributed by atoms with E-state index in [-0.39, 0.29) is 25.3 Å². The minimum atomic E-state index is -1.08. The van der Waals surface area contributed by atoms with Crippen LogP contribution in [-0.2, 0) is 9.59 Å². The van der Waals surface area contributed by atoms with E-state index >= 15 is 0 Å². The summed E-state index contributed by atoms with van der Waals surface area (Å²) in [7, 11) is 0. The van der Waals surface area contributed by atoms with Gasteiger partial charge in [-0.25, -0.2) is 4.79 Å². The maximum atomic E-state index is 11.1. The number of nitrogens with one attached hydrogen (secondary N) is 1. The maximum Gasteiger partial charge on any atom is 0.326 e. The molecule has 6 heteroatoms. The highest BCUT2D eigenvalue weighted by molar-refractivity contribution is 5.83. The quantitative estimate of drug-likeness (QED) is 0.460. The van der Waals surface area contributed by atoms with E-state index < -0.39 is 12.0 Å². The Kier molecular flexibility index (Phi) is 6.12. The Bertz CT molecular complexity index is 263. The number of hydrogen-bond acceptors (Lipinski definition) is 4. The summed E-state index contributed by atoms with van der Waals surface area (Å²) in [4.78, 5) is 21.9. The second-order valence-corrected chi connectivity index (χ2v) is 3.21. The van der Waals surface area contributed by atoms with Crippen LogP contribution in [0, 0.1) is 0 Å². The van der Waals surface area contributed by atoms with Crippen molar-refractivity contribution in [1.82, 2.24) is 5.32 Å². The maximum absolute atomic E-state index is 11.1. The van der Waals surface area contributed by atoms with E-state index in [0.717, 1.165) is 0 Å². The fraction of sp³-hybridized carbons (Fsp3) is 0.556. The molecule has 0 aromatic heterocycles. The Morgan fingerprint density at radius 3 is 2.53 bits per heavy atom. The first-order chi connectivity index (χ1) is 7.01. The van der Waals surface area contributed by atoms with E-state index in [0.29, 0.717) is 5.57 Å². The highest BCUT2D eigenvalue weighted by Crippen LogP contribution is 2.03. The van der Waals surface area contributed by atoms with E-state index in [1.165, 1.54) is 6.20 Å². The van der Waals surface area contributed by atoms with Gasteiger partial charge >= 0.3 is 5.97 Å². The van der Waals surface area contributed by atoms with Gasteiger partial charge < -0.3 is 21.9 Å². The lowest BCUT2D eigenvalue weighted by molar-refractivity contribution is -0.141. The van der Waals surface area contributed by atoms with Crippen LogP contribution in [0.25, 0.3) is 0 Å². The molecule has 6 N–H and O–H groups in total. The van der Waals surface area contributed by atoms with Crippen LogP contribution >= 0.6 is 0 Å². The number of carboxylic acids is 1. The summed E-state index contributed by atoms with van der Waals surface area (Å²) in [6, 6.07) is -0.941. The van der Waals surface area contributed by atoms with Crippen molar-refractivity contribution in [3.8, 4) is 0 Å². The second-order valence-electron chi connectivity index (χ2n) is 3.21. The number of carbonyl (C=O) groups is 2. The summed E-state index contributed by atoms with van der Waals surface area (Å²) in [5.41, 5.74) is 11.1. The predicted molar refractivity (Wildman–Crippen MR) is 55.8 cm³/mol. The van der Waals surface area contributed by atoms with Crippen LogP contribution in [0.5, 0.6) is 0 Å². The molecule has 1 amide bonds. The standard InChI is InChI=1S/C9H17N3O3/c1-6(5-11)4-7(9(14)15)12-8(13)2-3-10/h5,7H,2-4,10-11H2,1H3,(H,12,13)(H,14,15)/b6-5+/t7-/m0/s1. The van der Waals surface area contributed by atoms with Gasteiger partial charge in [0, 0.05) is 19.4 Å². The van der Waals surface area contributed by atoms with Crippen LogP contribution in [0.2, 0.25) is 0 Å². The molecule has 0 bridgehead atoms. The molecule has 0 aliphatic heterocycles. The van der Waals surface area contributed by atoms with Gasteiger partial charge in [0.2, 0.25) is 5.91 Å². The molecule has 0 rings (SSSR count). The molecule has 1 atom stereocenters. The molecule has 0 aliphatic carbocycles. The summed E-state index contributed by atoms with van der Waals surface area (Å²) in [5.74, 6) is -1.45. The lowest BCUT2D eigenvalue weighted by Gasteiger charge is -2.14. The largest absolute Gasteiger partial charge is 0.480 e. The highest BCUT2D eigenvalue weighted by atomic mass is 16.4. The number of hydrogen-bond donors (Lipinski definition) is 4. The topological polar surface area (TPSA) is 118 Å². The zero-order valence-electron chi connectivity index (χ0n) is 8.69. The molecule has 0 saturated heterocycles. The smallest absolute Gasteiger partial charge is 0.326 e. The van der Waals surface area contributed by atoms with Crippen molar-refractivity contribution >= 4 is 11.9 Å². The fourth-order valence-electron chi connectivity index (χ4n) is 0.988. The highest BCUT2D eigenvalue weighted by Gasteiger charge is 2.19. The first kappa shape index (κ1) is 13.4. The minimum absolute atomic E-state index is 0.120. The van der Waals surface area contributed by atoms with Crippen molar-refractivity contribution < 1.29 is 14.7 Å². The first-order valence-electron chi connectivity index (χ1n) is 4.60. The Hall–Kier alpha value is -1.56. The van der Waals surface area contributed by atoms with E-state index in [4.69, 9.17) is 16.6 Å². The van der Waals surface area contributed by atoms with Crippen molar-refractivity contribution in [3.05, 3.63) is 11.8 Å². The lowest BCUT2D eigenvalue weighted by atomic mass is 10.1. The van der Waals surface area contributed by atoms with E-state index in [2.05, 4.69) is 5.32 Å². The molecule has 0 heterocycles. The molecule has 0 fully saturated rings. The normalized spacial score (nSPS) is 13.3. The molecule has 0 radical (unpaired) electrons. The summed E-state index contributed by atoms with van der Waals surface area (Å²) >= 11 is 0. The van der Waals surface area contributed by atoms with Gasteiger partial charge in [-0.2, -0.15) is 0 Å². The average Bonchev–Trinajstić information content (AvgIpc) is 2.16. The van der Waals surface area contributed by atoms with Crippen molar-refractivity contribution in [2.75, 3.05) is 6.54 Å². The zero-order valence-corrected chi connectivity index (χ0v) is 8.69. The molecular weight excluding hydrogens is 198 g/mol. The number of carbonyl (C=O) groups excluding carboxylic acids is 1. The third kappa shape index (κ3) is 5.69. The zero-order chi connectivity index (χ0) is 11.8. The molecular formula is C9H17N3O3. The van der Waals surface area contributed by atoms with Crippen LogP contribution in [0.15, 0.2) is 11.8 Å². The van der Waals surface area contributed by atoms with Crippen molar-refractivity contribution in [1.29, 1.82) is 0 Å². The molecule has 15 heavy (non-hydrogen) atoms. The first-order valence-corrected chi connectivity index (χ1v) is 4.60. The lowest BCUT2D eigenvalue weighted by Crippen LogP contribution is -2.41. The van der Waals surface area contributed by atoms with Crippen LogP contribution in [-0.4, -0.2) is 29.6 Å². The molecule has 0 aliphatic rings. The monoisotopic (exact) mass is 215 g/mol. The SMILES string of the molecule is C/C(=C\N)C[C@H](NC(=O)CCN)C(=O)O. The molecule has 0 saturated carbocycles. The van der Waals surface area contributed by atoms with Crippen LogP contribution in [0.3, 0.4) is 0 Å². The summed E-state index contributed by atoms with van der Waals surface area (Å²) in [6.07, 6.45) is 1.64. The van der Waals surface area contributed by atoms with Gasteiger partial charge in [0.1, 0.15) is 6.04 Å². The van der Waals surface area contributed by atoms with Gasteiger partial charge in [-0.3, -0.25) is 4.79 Å². The Morgan fingerprint density at radius 2 is 2.13 bits per heavy atom. The Morgan fingerprint density at radius 1 is 1.53 bits per heavy atom. The fourth-order valence-corrected chi connectivity index (χ4v) is 0.988. The van der Waals surface area contributed by atoms with Gasteiger partial charge in [-0.15, -0.1) is 0 Å². The van der Waals surface area contributed by atoms with Crippen molar-refractivity contribution in [3.63, 3.8) is 0 Å². The number of carboxylic acid groups (broad SMARTS) is 1. The van der Waals surface area contributed by atoms with Gasteiger partial charge in [0.25, 0.3) is 0 Å². The van der Waals surface area contributed by atoms with Gasteiger partial charge in [-0.1, -0.05) is 5.57 Å². The van der Waals surface area contributed by atoms with Crippen LogP contribution in [0.1, 0.15) is 19.8 Å². The summed E-state index contributed by atoms with van der Waals surface area (Å²) in [5, 5.41) is 11.2. The predicted octanol–water partition coefficient (Wildman–Crippen LogP) is -0.843. The molecule has 0 aromatic rings. The summed E-state index contributed by atoms with van der Waals surface area (Å²) < 4.78 is 0. The molecule has 0 spiro atoms. The molecule has 6 nitrogen and oxygen atoms in total. The van der Waals surface area contributed by atoms with Crippen LogP contribution in [0.4, 0.5) is 0 Å². The number of nitrogens with two attached hydrogens (primary N) is 2. The number of rotatable bonds is 6. The van der Waals surface area contributed by atoms with Crippen molar-refractivity contribution in [2.45, 2.75) is 25.8 Å². The van der Waals surface area contributed by atoms with Gasteiger partial charge in [0.05, 0.1) is 0 Å². The van der Waals surface area contributed by atoms with E-state index in [1.54, 1.807) is 6.92 Å². The van der Waals surface area contributed by atoms with Crippen LogP contribution < -0.4 is 16.8 Å². The second kappa shape index (κ2) is 6.83. The van der Waals surface area contributed by atoms with E-state index in [9.17, 15) is 9.59 Å². The molecule has 86 valence electrons. The third-order valence-electron chi connectivity index (χ3n) is 1.82. The van der Waals surface area contributed by atoms with E-state index in [1.807, 2.05) is 0 Å². The molecule has 0 aromatic carbocycles. The number of aliphatic carboxylic acids is 1. The summed E-state index contributed by atoms with van der Waals surface area (Å²) in [6.45, 7) is 1.90. The van der Waals surface area contributed by atoms with Gasteiger partial charge in [-0.05, 0) is 13.1 Å². The Labute approximate surface area is 88.3 Å². The van der Waals surface area contributed by atoms with Gasteiger partial charge in [0.15, 0.2) is 0 Å².